The van der Waals surface area contributed by atoms with Gasteiger partial charge < -0.3 is 15.1 Å². The predicted molar refractivity (Wildman–Crippen MR) is 127 cm³/mol. The Morgan fingerprint density at radius 2 is 1.91 bits per heavy atom. The number of pyridine rings is 1. The highest BCUT2D eigenvalue weighted by Crippen LogP contribution is 2.41. The molecule has 2 aliphatic rings. The zero-order valence-corrected chi connectivity index (χ0v) is 20.4. The van der Waals surface area contributed by atoms with Crippen molar-refractivity contribution in [1.82, 2.24) is 14.8 Å². The standard InChI is InChI=1S/C26H31F3N4O2/c1-16(34)33-12-11-18(15-33)24(35)32(4)23(26(27,28)29)21-10-9-19(14-30-21)31-22-13-17-7-5-6-8-20(17)25(22,2)3/h5-10,14,18,22-23,31H,11-13,15H2,1-4H3/t18-,22-,23?/m0/s1. The van der Waals surface area contributed by atoms with Gasteiger partial charge in [-0.15, -0.1) is 0 Å². The molecule has 1 aromatic carbocycles. The van der Waals surface area contributed by atoms with E-state index in [-0.39, 0.29) is 29.6 Å². The molecule has 0 saturated carbocycles. The predicted octanol–water partition coefficient (Wildman–Crippen LogP) is 4.33. The molecular weight excluding hydrogens is 457 g/mol. The van der Waals surface area contributed by atoms with E-state index in [0.29, 0.717) is 18.7 Å². The molecule has 0 bridgehead atoms. The summed E-state index contributed by atoms with van der Waals surface area (Å²) < 4.78 is 42.2. The summed E-state index contributed by atoms with van der Waals surface area (Å²) in [5.41, 5.74) is 2.75. The van der Waals surface area contributed by atoms with E-state index in [1.807, 2.05) is 12.1 Å². The number of hydrogen-bond acceptors (Lipinski definition) is 4. The number of anilines is 1. The van der Waals surface area contributed by atoms with Crippen LogP contribution in [0.5, 0.6) is 0 Å². The molecule has 1 unspecified atom stereocenters. The van der Waals surface area contributed by atoms with E-state index < -0.39 is 24.0 Å². The number of nitrogens with zero attached hydrogens (tertiary/aromatic N) is 3. The van der Waals surface area contributed by atoms with Crippen LogP contribution in [0.3, 0.4) is 0 Å². The van der Waals surface area contributed by atoms with Crippen LogP contribution in [0.4, 0.5) is 18.9 Å². The van der Waals surface area contributed by atoms with Crippen molar-refractivity contribution in [3.05, 3.63) is 59.4 Å². The van der Waals surface area contributed by atoms with Crippen LogP contribution < -0.4 is 5.32 Å². The molecule has 1 saturated heterocycles. The monoisotopic (exact) mass is 488 g/mol. The van der Waals surface area contributed by atoms with Crippen LogP contribution in [0.25, 0.3) is 0 Å². The molecule has 1 aliphatic heterocycles. The maximum absolute atomic E-state index is 14.1. The highest BCUT2D eigenvalue weighted by Gasteiger charge is 2.48. The molecule has 2 aromatic rings. The van der Waals surface area contributed by atoms with Gasteiger partial charge in [0.05, 0.1) is 23.5 Å². The maximum atomic E-state index is 14.1. The second kappa shape index (κ2) is 9.17. The first-order chi connectivity index (χ1) is 16.4. The largest absolute Gasteiger partial charge is 0.414 e. The van der Waals surface area contributed by atoms with Gasteiger partial charge in [-0.05, 0) is 36.1 Å². The number of aromatic nitrogens is 1. The number of nitrogens with one attached hydrogen (secondary N) is 1. The molecule has 1 aromatic heterocycles. The maximum Gasteiger partial charge on any atom is 0.414 e. The minimum atomic E-state index is -4.69. The van der Waals surface area contributed by atoms with Crippen molar-refractivity contribution < 1.29 is 22.8 Å². The average Bonchev–Trinajstić information content (AvgIpc) is 3.38. The fourth-order valence-corrected chi connectivity index (χ4v) is 5.32. The number of carbonyl (C=O) groups excluding carboxylic acids is 2. The number of alkyl halides is 3. The first kappa shape index (κ1) is 25.0. The minimum absolute atomic E-state index is 0.0711. The third-order valence-electron chi connectivity index (χ3n) is 7.44. The molecule has 0 spiro atoms. The van der Waals surface area contributed by atoms with Gasteiger partial charge in [0.2, 0.25) is 11.8 Å². The first-order valence-electron chi connectivity index (χ1n) is 11.8. The van der Waals surface area contributed by atoms with E-state index in [1.165, 1.54) is 35.2 Å². The van der Waals surface area contributed by atoms with Crippen LogP contribution in [0.2, 0.25) is 0 Å². The zero-order valence-electron chi connectivity index (χ0n) is 20.4. The van der Waals surface area contributed by atoms with E-state index in [0.717, 1.165) is 18.4 Å². The Morgan fingerprint density at radius 1 is 1.20 bits per heavy atom. The van der Waals surface area contributed by atoms with Crippen molar-refractivity contribution in [2.24, 2.45) is 5.92 Å². The quantitative estimate of drug-likeness (QED) is 0.681. The topological polar surface area (TPSA) is 65.5 Å². The number of fused-ring (bicyclic) bond motifs is 1. The lowest BCUT2D eigenvalue weighted by atomic mass is 9.83. The fourth-order valence-electron chi connectivity index (χ4n) is 5.32. The van der Waals surface area contributed by atoms with Gasteiger partial charge in [0, 0.05) is 38.5 Å². The fraction of sp³-hybridized carbons (Fsp3) is 0.500. The average molecular weight is 489 g/mol. The summed E-state index contributed by atoms with van der Waals surface area (Å²) in [4.78, 5) is 30.8. The van der Waals surface area contributed by atoms with Crippen LogP contribution in [0, 0.1) is 5.92 Å². The summed E-state index contributed by atoms with van der Waals surface area (Å²) in [7, 11) is 1.16. The van der Waals surface area contributed by atoms with Crippen molar-refractivity contribution in [3.8, 4) is 0 Å². The van der Waals surface area contributed by atoms with Gasteiger partial charge in [-0.25, -0.2) is 0 Å². The van der Waals surface area contributed by atoms with E-state index in [9.17, 15) is 22.8 Å². The first-order valence-corrected chi connectivity index (χ1v) is 11.8. The minimum Gasteiger partial charge on any atom is -0.380 e. The van der Waals surface area contributed by atoms with Gasteiger partial charge >= 0.3 is 6.18 Å². The number of benzene rings is 1. The van der Waals surface area contributed by atoms with Gasteiger partial charge in [-0.1, -0.05) is 38.1 Å². The second-order valence-electron chi connectivity index (χ2n) is 10.1. The van der Waals surface area contributed by atoms with Crippen LogP contribution in [0.1, 0.15) is 50.1 Å². The third-order valence-corrected chi connectivity index (χ3v) is 7.44. The van der Waals surface area contributed by atoms with E-state index in [2.05, 4.69) is 36.3 Å². The zero-order chi connectivity index (χ0) is 25.5. The summed E-state index contributed by atoms with van der Waals surface area (Å²) >= 11 is 0. The summed E-state index contributed by atoms with van der Waals surface area (Å²) in [6.45, 7) is 6.19. The smallest absolute Gasteiger partial charge is 0.380 e. The molecule has 35 heavy (non-hydrogen) atoms. The van der Waals surface area contributed by atoms with Crippen LogP contribution in [-0.2, 0) is 21.4 Å². The van der Waals surface area contributed by atoms with E-state index >= 15 is 0 Å². The molecule has 3 atom stereocenters. The van der Waals surface area contributed by atoms with E-state index in [4.69, 9.17) is 0 Å². The van der Waals surface area contributed by atoms with Gasteiger partial charge in [0.25, 0.3) is 0 Å². The number of hydrogen-bond donors (Lipinski definition) is 1. The Bertz CT molecular complexity index is 1100. The lowest BCUT2D eigenvalue weighted by molar-refractivity contribution is -0.191. The van der Waals surface area contributed by atoms with E-state index in [1.54, 1.807) is 6.07 Å². The Kier molecular flexibility index (Phi) is 6.55. The molecule has 1 fully saturated rings. The van der Waals surface area contributed by atoms with Gasteiger partial charge in [0.15, 0.2) is 6.04 Å². The van der Waals surface area contributed by atoms with Crippen LogP contribution >= 0.6 is 0 Å². The van der Waals surface area contributed by atoms with Gasteiger partial charge in [-0.3, -0.25) is 14.6 Å². The molecular formula is C26H31F3N4O2. The number of carbonyl (C=O) groups is 2. The van der Waals surface area contributed by atoms with Crippen molar-refractivity contribution in [1.29, 1.82) is 0 Å². The SMILES string of the molecule is CC(=O)N1CC[C@H](C(=O)N(C)C(c2ccc(N[C@H]3Cc4ccccc4C3(C)C)cn2)C(F)(F)F)C1. The molecule has 6 nitrogen and oxygen atoms in total. The van der Waals surface area contributed by atoms with Crippen molar-refractivity contribution in [3.63, 3.8) is 0 Å². The van der Waals surface area contributed by atoms with Crippen LogP contribution in [0.15, 0.2) is 42.6 Å². The molecule has 0 radical (unpaired) electrons. The lowest BCUT2D eigenvalue weighted by Crippen LogP contribution is -2.43. The summed E-state index contributed by atoms with van der Waals surface area (Å²) in [5.74, 6) is -1.47. The van der Waals surface area contributed by atoms with Crippen molar-refractivity contribution >= 4 is 17.5 Å². The Hall–Kier alpha value is -3.10. The highest BCUT2D eigenvalue weighted by atomic mass is 19.4. The molecule has 1 aliphatic carbocycles. The van der Waals surface area contributed by atoms with Crippen molar-refractivity contribution in [2.75, 3.05) is 25.5 Å². The molecule has 188 valence electrons. The molecule has 9 heteroatoms. The summed E-state index contributed by atoms with van der Waals surface area (Å²) in [6.07, 6.45) is -2.13. The number of rotatable bonds is 5. The number of likely N-dealkylation sites (tertiary alicyclic amines) is 1. The lowest BCUT2D eigenvalue weighted by Gasteiger charge is -2.32. The third kappa shape index (κ3) is 4.86. The summed E-state index contributed by atoms with van der Waals surface area (Å²) in [5, 5.41) is 3.43. The molecule has 2 heterocycles. The van der Waals surface area contributed by atoms with Gasteiger partial charge in [0.1, 0.15) is 0 Å². The Balaban J connectivity index is 1.50. The number of halogens is 3. The summed E-state index contributed by atoms with van der Waals surface area (Å²) in [6, 6.07) is 9.05. The highest BCUT2D eigenvalue weighted by molar-refractivity contribution is 5.81. The number of amides is 2. The molecule has 4 rings (SSSR count). The molecule has 1 N–H and O–H groups in total. The Morgan fingerprint density at radius 3 is 2.49 bits per heavy atom. The molecule has 2 amide bonds. The van der Waals surface area contributed by atoms with Crippen LogP contribution in [-0.4, -0.2) is 59.0 Å². The van der Waals surface area contributed by atoms with Crippen molar-refractivity contribution in [2.45, 2.75) is 57.3 Å². The Labute approximate surface area is 203 Å². The second-order valence-corrected chi connectivity index (χ2v) is 10.1. The normalized spacial score (nSPS) is 22.0. The van der Waals surface area contributed by atoms with Gasteiger partial charge in [-0.2, -0.15) is 13.2 Å².